The Hall–Kier alpha value is -4.74. The summed E-state index contributed by atoms with van der Waals surface area (Å²) in [4.78, 5) is 30.7. The molecule has 0 atom stereocenters. The third kappa shape index (κ3) is 6.08. The molecule has 0 bridgehead atoms. The van der Waals surface area contributed by atoms with E-state index in [-0.39, 0.29) is 23.9 Å². The van der Waals surface area contributed by atoms with E-state index in [4.69, 9.17) is 18.9 Å². The van der Waals surface area contributed by atoms with Crippen LogP contribution in [0, 0.1) is 0 Å². The lowest BCUT2D eigenvalue weighted by Gasteiger charge is -2.13. The molecular formula is C32H22Br2N4O5. The number of benzene rings is 4. The molecule has 1 N–H and O–H groups in total. The van der Waals surface area contributed by atoms with Gasteiger partial charge in [-0.25, -0.2) is 4.98 Å². The molecule has 2 aromatic heterocycles. The zero-order valence-electron chi connectivity index (χ0n) is 22.6. The van der Waals surface area contributed by atoms with Gasteiger partial charge in [0.1, 0.15) is 5.58 Å². The van der Waals surface area contributed by atoms with Gasteiger partial charge in [0.2, 0.25) is 5.82 Å². The van der Waals surface area contributed by atoms with E-state index in [0.29, 0.717) is 49.5 Å². The molecule has 1 amide bonds. The van der Waals surface area contributed by atoms with Crippen LogP contribution >= 0.6 is 31.9 Å². The number of carbonyl (C=O) groups is 1. The van der Waals surface area contributed by atoms with Gasteiger partial charge in [0, 0.05) is 25.6 Å². The SMILES string of the molecule is COc1cc(C=Nn2c(-c3cc4cc(Br)ccc4o3)nc3ccccc3c2=O)c(Br)cc1OCC(=O)Nc1ccccc1. The Balaban J connectivity index is 1.33. The van der Waals surface area contributed by atoms with Gasteiger partial charge in [0.15, 0.2) is 23.9 Å². The van der Waals surface area contributed by atoms with Crippen molar-refractivity contribution < 1.29 is 18.7 Å². The van der Waals surface area contributed by atoms with Crippen molar-refractivity contribution in [2.75, 3.05) is 19.0 Å². The van der Waals surface area contributed by atoms with Crippen molar-refractivity contribution in [3.05, 3.63) is 116 Å². The molecule has 0 fully saturated rings. The van der Waals surface area contributed by atoms with Crippen molar-refractivity contribution in [3.8, 4) is 23.1 Å². The highest BCUT2D eigenvalue weighted by Crippen LogP contribution is 2.33. The van der Waals surface area contributed by atoms with E-state index in [1.807, 2.05) is 48.5 Å². The first-order valence-corrected chi connectivity index (χ1v) is 14.6. The molecule has 0 saturated heterocycles. The highest BCUT2D eigenvalue weighted by Gasteiger charge is 2.17. The lowest BCUT2D eigenvalue weighted by Crippen LogP contribution is -2.20. The van der Waals surface area contributed by atoms with Crippen molar-refractivity contribution in [1.82, 2.24) is 9.66 Å². The fourth-order valence-electron chi connectivity index (χ4n) is 4.42. The lowest BCUT2D eigenvalue weighted by molar-refractivity contribution is -0.118. The first-order valence-electron chi connectivity index (χ1n) is 13.0. The second-order valence-corrected chi connectivity index (χ2v) is 11.1. The highest BCUT2D eigenvalue weighted by atomic mass is 79.9. The normalized spacial score (nSPS) is 11.3. The van der Waals surface area contributed by atoms with Crippen LogP contribution in [0.15, 0.2) is 114 Å². The number of carbonyl (C=O) groups excluding carboxylic acids is 1. The fraction of sp³-hybridized carbons (Fsp3) is 0.0625. The average Bonchev–Trinajstić information content (AvgIpc) is 3.43. The molecule has 2 heterocycles. The monoisotopic (exact) mass is 700 g/mol. The van der Waals surface area contributed by atoms with Gasteiger partial charge >= 0.3 is 0 Å². The number of amides is 1. The number of fused-ring (bicyclic) bond motifs is 2. The standard InChI is InChI=1S/C32H22Br2N4O5/c1-41-27-15-20(24(34)16-28(27)42-18-30(39)36-22-7-3-2-4-8-22)17-35-38-31(37-25-10-6-5-9-23(25)32(38)40)29-14-19-13-21(33)11-12-26(19)43-29/h2-17H,18H2,1H3,(H,36,39). The summed E-state index contributed by atoms with van der Waals surface area (Å²) in [5.74, 6) is 1.06. The number of methoxy groups -OCH3 is 1. The maximum absolute atomic E-state index is 13.6. The van der Waals surface area contributed by atoms with Gasteiger partial charge in [-0.05, 0) is 76.6 Å². The maximum atomic E-state index is 13.6. The van der Waals surface area contributed by atoms with E-state index in [9.17, 15) is 9.59 Å². The second-order valence-electron chi connectivity index (χ2n) is 9.33. The van der Waals surface area contributed by atoms with E-state index in [2.05, 4.69) is 42.3 Å². The molecule has 6 aromatic rings. The first-order chi connectivity index (χ1) is 20.9. The first kappa shape index (κ1) is 28.4. The van der Waals surface area contributed by atoms with Gasteiger partial charge in [-0.2, -0.15) is 9.78 Å². The van der Waals surface area contributed by atoms with Crippen LogP contribution in [0.2, 0.25) is 0 Å². The van der Waals surface area contributed by atoms with Crippen LogP contribution < -0.4 is 20.3 Å². The summed E-state index contributed by atoms with van der Waals surface area (Å²) in [6.07, 6.45) is 1.51. The molecular weight excluding hydrogens is 680 g/mol. The number of rotatable bonds is 8. The van der Waals surface area contributed by atoms with Gasteiger partial charge < -0.3 is 19.2 Å². The molecule has 43 heavy (non-hydrogen) atoms. The molecule has 214 valence electrons. The van der Waals surface area contributed by atoms with Crippen LogP contribution in [0.25, 0.3) is 33.5 Å². The van der Waals surface area contributed by atoms with Crippen molar-refractivity contribution in [1.29, 1.82) is 0 Å². The number of para-hydroxylation sites is 2. The molecule has 11 heteroatoms. The molecule has 9 nitrogen and oxygen atoms in total. The average molecular weight is 702 g/mol. The van der Waals surface area contributed by atoms with Gasteiger partial charge in [0.05, 0.1) is 24.2 Å². The summed E-state index contributed by atoms with van der Waals surface area (Å²) in [5, 5.41) is 8.57. The van der Waals surface area contributed by atoms with Crippen LogP contribution in [-0.4, -0.2) is 35.5 Å². The van der Waals surface area contributed by atoms with Crippen LogP contribution in [0.4, 0.5) is 5.69 Å². The Kier molecular flexibility index (Phi) is 8.08. The number of anilines is 1. The molecule has 0 aliphatic heterocycles. The molecule has 0 spiro atoms. The summed E-state index contributed by atoms with van der Waals surface area (Å²) >= 11 is 7.02. The predicted octanol–water partition coefficient (Wildman–Crippen LogP) is 7.24. The minimum absolute atomic E-state index is 0.222. The highest BCUT2D eigenvalue weighted by molar-refractivity contribution is 9.10. The largest absolute Gasteiger partial charge is 0.493 e. The number of halogens is 2. The number of nitrogens with one attached hydrogen (secondary N) is 1. The molecule has 0 aliphatic carbocycles. The minimum atomic E-state index is -0.356. The predicted molar refractivity (Wildman–Crippen MR) is 173 cm³/mol. The third-order valence-corrected chi connectivity index (χ3v) is 7.64. The summed E-state index contributed by atoms with van der Waals surface area (Å²) in [5.41, 5.74) is 2.08. The molecule has 0 aliphatic rings. The summed E-state index contributed by atoms with van der Waals surface area (Å²) in [6, 6.07) is 27.0. The Morgan fingerprint density at radius 1 is 1.00 bits per heavy atom. The zero-order chi connectivity index (χ0) is 29.9. The molecule has 0 radical (unpaired) electrons. The van der Waals surface area contributed by atoms with Gasteiger partial charge in [-0.15, -0.1) is 0 Å². The van der Waals surface area contributed by atoms with Crippen molar-refractivity contribution in [2.24, 2.45) is 5.10 Å². The smallest absolute Gasteiger partial charge is 0.282 e. The lowest BCUT2D eigenvalue weighted by atomic mass is 10.2. The quantitative estimate of drug-likeness (QED) is 0.168. The number of nitrogens with zero attached hydrogens (tertiary/aromatic N) is 3. The summed E-state index contributed by atoms with van der Waals surface area (Å²) in [7, 11) is 1.50. The minimum Gasteiger partial charge on any atom is -0.493 e. The van der Waals surface area contributed by atoms with Gasteiger partial charge in [-0.3, -0.25) is 9.59 Å². The molecule has 0 saturated carbocycles. The molecule has 0 unspecified atom stereocenters. The number of ether oxygens (including phenoxy) is 2. The van der Waals surface area contributed by atoms with E-state index < -0.39 is 0 Å². The topological polar surface area (TPSA) is 108 Å². The van der Waals surface area contributed by atoms with Crippen LogP contribution in [0.5, 0.6) is 11.5 Å². The fourth-order valence-corrected chi connectivity index (χ4v) is 5.22. The summed E-state index contributed by atoms with van der Waals surface area (Å²) in [6.45, 7) is -0.222. The van der Waals surface area contributed by atoms with Crippen LogP contribution in [0.1, 0.15) is 5.56 Å². The van der Waals surface area contributed by atoms with Crippen LogP contribution in [-0.2, 0) is 4.79 Å². The van der Waals surface area contributed by atoms with E-state index in [1.54, 1.807) is 42.5 Å². The zero-order valence-corrected chi connectivity index (χ0v) is 25.8. The van der Waals surface area contributed by atoms with Crippen molar-refractivity contribution in [3.63, 3.8) is 0 Å². The van der Waals surface area contributed by atoms with E-state index in [1.165, 1.54) is 18.0 Å². The van der Waals surface area contributed by atoms with Gasteiger partial charge in [0.25, 0.3) is 11.5 Å². The Labute approximate surface area is 262 Å². The number of hydrogen-bond donors (Lipinski definition) is 1. The van der Waals surface area contributed by atoms with Crippen molar-refractivity contribution in [2.45, 2.75) is 0 Å². The number of aromatic nitrogens is 2. The Bertz CT molecular complexity index is 2070. The van der Waals surface area contributed by atoms with E-state index in [0.717, 1.165) is 9.86 Å². The Morgan fingerprint density at radius 3 is 2.60 bits per heavy atom. The van der Waals surface area contributed by atoms with E-state index >= 15 is 0 Å². The van der Waals surface area contributed by atoms with Crippen molar-refractivity contribution >= 4 is 71.5 Å². The molecule has 4 aromatic carbocycles. The number of furan rings is 1. The molecule has 6 rings (SSSR count). The van der Waals surface area contributed by atoms with Crippen LogP contribution in [0.3, 0.4) is 0 Å². The second kappa shape index (κ2) is 12.2. The third-order valence-electron chi connectivity index (χ3n) is 6.46. The Morgan fingerprint density at radius 2 is 1.79 bits per heavy atom. The maximum Gasteiger partial charge on any atom is 0.282 e. The van der Waals surface area contributed by atoms with Gasteiger partial charge in [-0.1, -0.05) is 46.3 Å². The number of hydrogen-bond acceptors (Lipinski definition) is 7. The summed E-state index contributed by atoms with van der Waals surface area (Å²) < 4.78 is 20.1.